The predicted octanol–water partition coefficient (Wildman–Crippen LogP) is 2.42. The average Bonchev–Trinajstić information content (AvgIpc) is 2.37. The molecule has 1 amide bonds. The first-order valence-electron chi connectivity index (χ1n) is 6.58. The first-order valence-corrected chi connectivity index (χ1v) is 6.58. The lowest BCUT2D eigenvalue weighted by Crippen LogP contribution is -2.45. The standard InChI is InChI=1S/C15H23FN2O2.ClH/c1-15(2,3)13(10-5-7-11(16)8-6-10)18-14(19)12(9-17)20-4;/h5-8,12-13H,9,17H2,1-4H3,(H,18,19);1H. The van der Waals surface area contributed by atoms with E-state index < -0.39 is 6.10 Å². The number of halogens is 2. The third-order valence-corrected chi connectivity index (χ3v) is 3.15. The Kier molecular flexibility index (Phi) is 7.85. The molecule has 0 heterocycles. The number of hydrogen-bond acceptors (Lipinski definition) is 3. The van der Waals surface area contributed by atoms with Crippen molar-refractivity contribution in [3.63, 3.8) is 0 Å². The molecule has 2 atom stereocenters. The normalized spacial score (nSPS) is 14.0. The first kappa shape index (κ1) is 19.8. The molecular formula is C15H24ClFN2O2. The zero-order valence-corrected chi connectivity index (χ0v) is 13.7. The molecule has 0 aliphatic heterocycles. The fourth-order valence-electron chi connectivity index (χ4n) is 2.00. The molecule has 6 heteroatoms. The molecule has 0 saturated heterocycles. The maximum absolute atomic E-state index is 13.0. The van der Waals surface area contributed by atoms with Crippen LogP contribution in [0.25, 0.3) is 0 Å². The summed E-state index contributed by atoms with van der Waals surface area (Å²) in [4.78, 5) is 12.1. The van der Waals surface area contributed by atoms with Crippen LogP contribution in [0.4, 0.5) is 4.39 Å². The molecule has 120 valence electrons. The molecule has 0 radical (unpaired) electrons. The number of ether oxygens (including phenoxy) is 1. The molecule has 21 heavy (non-hydrogen) atoms. The molecule has 0 aliphatic rings. The van der Waals surface area contributed by atoms with Crippen molar-refractivity contribution in [1.82, 2.24) is 5.32 Å². The molecule has 4 nitrogen and oxygen atoms in total. The van der Waals surface area contributed by atoms with E-state index in [2.05, 4.69) is 5.32 Å². The van der Waals surface area contributed by atoms with E-state index in [-0.39, 0.29) is 42.1 Å². The fraction of sp³-hybridized carbons (Fsp3) is 0.533. The van der Waals surface area contributed by atoms with Gasteiger partial charge in [0.2, 0.25) is 0 Å². The second-order valence-corrected chi connectivity index (χ2v) is 5.82. The summed E-state index contributed by atoms with van der Waals surface area (Å²) in [5.41, 5.74) is 6.12. The number of benzene rings is 1. The van der Waals surface area contributed by atoms with Crippen molar-refractivity contribution < 1.29 is 13.9 Å². The van der Waals surface area contributed by atoms with Crippen molar-refractivity contribution in [2.75, 3.05) is 13.7 Å². The van der Waals surface area contributed by atoms with E-state index in [4.69, 9.17) is 10.5 Å². The molecule has 0 bridgehead atoms. The second kappa shape index (κ2) is 8.32. The third-order valence-electron chi connectivity index (χ3n) is 3.15. The maximum Gasteiger partial charge on any atom is 0.250 e. The van der Waals surface area contributed by atoms with Crippen LogP contribution >= 0.6 is 12.4 Å². The number of nitrogens with one attached hydrogen (secondary N) is 1. The second-order valence-electron chi connectivity index (χ2n) is 5.82. The van der Waals surface area contributed by atoms with Gasteiger partial charge in [0.15, 0.2) is 0 Å². The Morgan fingerprint density at radius 3 is 2.24 bits per heavy atom. The van der Waals surface area contributed by atoms with E-state index in [1.54, 1.807) is 12.1 Å². The number of hydrogen-bond donors (Lipinski definition) is 2. The van der Waals surface area contributed by atoms with Crippen LogP contribution in [0.1, 0.15) is 32.4 Å². The number of amides is 1. The van der Waals surface area contributed by atoms with Crippen molar-refractivity contribution >= 4 is 18.3 Å². The molecule has 1 rings (SSSR count). The zero-order chi connectivity index (χ0) is 15.3. The lowest BCUT2D eigenvalue weighted by molar-refractivity contribution is -0.132. The number of nitrogens with two attached hydrogens (primary N) is 1. The molecule has 0 aromatic heterocycles. The Balaban J connectivity index is 0.00000400. The van der Waals surface area contributed by atoms with Crippen LogP contribution in [-0.4, -0.2) is 25.7 Å². The Labute approximate surface area is 131 Å². The maximum atomic E-state index is 13.0. The van der Waals surface area contributed by atoms with Gasteiger partial charge in [-0.1, -0.05) is 32.9 Å². The Hall–Kier alpha value is -1.17. The van der Waals surface area contributed by atoms with Crippen LogP contribution in [0.3, 0.4) is 0 Å². The molecule has 0 saturated carbocycles. The molecule has 0 fully saturated rings. The van der Waals surface area contributed by atoms with E-state index in [1.807, 2.05) is 20.8 Å². The van der Waals surface area contributed by atoms with Crippen LogP contribution < -0.4 is 11.1 Å². The summed E-state index contributed by atoms with van der Waals surface area (Å²) in [5, 5.41) is 2.93. The van der Waals surface area contributed by atoms with Gasteiger partial charge in [0.25, 0.3) is 5.91 Å². The van der Waals surface area contributed by atoms with Crippen LogP contribution in [-0.2, 0) is 9.53 Å². The highest BCUT2D eigenvalue weighted by Gasteiger charge is 2.30. The summed E-state index contributed by atoms with van der Waals surface area (Å²) < 4.78 is 18.1. The van der Waals surface area contributed by atoms with Gasteiger partial charge in [0, 0.05) is 13.7 Å². The topological polar surface area (TPSA) is 64.3 Å². The molecule has 2 unspecified atom stereocenters. The summed E-state index contributed by atoms with van der Waals surface area (Å²) in [7, 11) is 1.45. The largest absolute Gasteiger partial charge is 0.370 e. The summed E-state index contributed by atoms with van der Waals surface area (Å²) >= 11 is 0. The minimum Gasteiger partial charge on any atom is -0.370 e. The van der Waals surface area contributed by atoms with E-state index in [1.165, 1.54) is 19.2 Å². The van der Waals surface area contributed by atoms with Crippen molar-refractivity contribution in [2.24, 2.45) is 11.1 Å². The number of methoxy groups -OCH3 is 1. The van der Waals surface area contributed by atoms with Gasteiger partial charge in [-0.25, -0.2) is 4.39 Å². The quantitative estimate of drug-likeness (QED) is 0.876. The molecular weight excluding hydrogens is 295 g/mol. The van der Waals surface area contributed by atoms with Gasteiger partial charge >= 0.3 is 0 Å². The number of rotatable bonds is 5. The summed E-state index contributed by atoms with van der Waals surface area (Å²) in [6.07, 6.45) is -0.680. The van der Waals surface area contributed by atoms with Gasteiger partial charge in [-0.3, -0.25) is 4.79 Å². The Morgan fingerprint density at radius 1 is 1.33 bits per heavy atom. The van der Waals surface area contributed by atoms with Crippen molar-refractivity contribution in [3.05, 3.63) is 35.6 Å². The van der Waals surface area contributed by atoms with Crippen LogP contribution in [0.2, 0.25) is 0 Å². The molecule has 0 spiro atoms. The Bertz CT molecular complexity index is 442. The highest BCUT2D eigenvalue weighted by molar-refractivity contribution is 5.85. The van der Waals surface area contributed by atoms with Gasteiger partial charge in [0.1, 0.15) is 11.9 Å². The van der Waals surface area contributed by atoms with Crippen LogP contribution in [0.15, 0.2) is 24.3 Å². The molecule has 1 aromatic carbocycles. The van der Waals surface area contributed by atoms with Gasteiger partial charge in [-0.15, -0.1) is 12.4 Å². The SMILES string of the molecule is COC(CN)C(=O)NC(c1ccc(F)cc1)C(C)(C)C.Cl. The smallest absolute Gasteiger partial charge is 0.250 e. The van der Waals surface area contributed by atoms with Gasteiger partial charge in [0.05, 0.1) is 6.04 Å². The number of carbonyl (C=O) groups is 1. The van der Waals surface area contributed by atoms with Crippen molar-refractivity contribution in [1.29, 1.82) is 0 Å². The summed E-state index contributed by atoms with van der Waals surface area (Å²) in [5.74, 6) is -0.566. The molecule has 1 aromatic rings. The lowest BCUT2D eigenvalue weighted by atomic mass is 9.82. The van der Waals surface area contributed by atoms with E-state index in [0.29, 0.717) is 0 Å². The highest BCUT2D eigenvalue weighted by atomic mass is 35.5. The third kappa shape index (κ3) is 5.61. The van der Waals surface area contributed by atoms with E-state index >= 15 is 0 Å². The highest BCUT2D eigenvalue weighted by Crippen LogP contribution is 2.32. The van der Waals surface area contributed by atoms with Crippen LogP contribution in [0, 0.1) is 11.2 Å². The van der Waals surface area contributed by atoms with Gasteiger partial charge < -0.3 is 15.8 Å². The fourth-order valence-corrected chi connectivity index (χ4v) is 2.00. The lowest BCUT2D eigenvalue weighted by Gasteiger charge is -2.33. The van der Waals surface area contributed by atoms with E-state index in [9.17, 15) is 9.18 Å². The zero-order valence-electron chi connectivity index (χ0n) is 12.9. The first-order chi connectivity index (χ1) is 9.29. The Morgan fingerprint density at radius 2 is 1.86 bits per heavy atom. The van der Waals surface area contributed by atoms with E-state index in [0.717, 1.165) is 5.56 Å². The molecule has 0 aliphatic carbocycles. The molecule has 3 N–H and O–H groups in total. The van der Waals surface area contributed by atoms with Crippen molar-refractivity contribution in [2.45, 2.75) is 32.9 Å². The van der Waals surface area contributed by atoms with Gasteiger partial charge in [-0.05, 0) is 23.1 Å². The summed E-state index contributed by atoms with van der Waals surface area (Å²) in [6.45, 7) is 6.13. The van der Waals surface area contributed by atoms with Crippen LogP contribution in [0.5, 0.6) is 0 Å². The monoisotopic (exact) mass is 318 g/mol. The average molecular weight is 319 g/mol. The summed E-state index contributed by atoms with van der Waals surface area (Å²) in [6, 6.07) is 5.87. The van der Waals surface area contributed by atoms with Gasteiger partial charge in [-0.2, -0.15) is 0 Å². The predicted molar refractivity (Wildman–Crippen MR) is 83.8 cm³/mol. The minimum atomic E-state index is -0.680. The van der Waals surface area contributed by atoms with Crippen molar-refractivity contribution in [3.8, 4) is 0 Å². The minimum absolute atomic E-state index is 0. The number of carbonyl (C=O) groups excluding carboxylic acids is 1.